The summed E-state index contributed by atoms with van der Waals surface area (Å²) in [6.45, 7) is 0. The molecule has 0 aliphatic heterocycles. The molecule has 0 N–H and O–H groups in total. The molecule has 0 aromatic heterocycles. The van der Waals surface area contributed by atoms with Crippen molar-refractivity contribution in [3.05, 3.63) is 0 Å². The first-order valence-corrected chi connectivity index (χ1v) is 3.79. The van der Waals surface area contributed by atoms with Gasteiger partial charge in [-0.25, -0.2) is 0 Å². The molecule has 0 rings (SSSR count). The Labute approximate surface area is 66.7 Å². The number of hydrogen-bond acceptors (Lipinski definition) is 4. The molecule has 0 aromatic carbocycles. The van der Waals surface area contributed by atoms with E-state index in [0.717, 1.165) is 0 Å². The zero-order chi connectivity index (χ0) is 4.50. The third kappa shape index (κ3) is 50.5. The summed E-state index contributed by atoms with van der Waals surface area (Å²) in [5.41, 5.74) is 0. The molecule has 0 bridgehead atoms. The first-order valence-electron chi connectivity index (χ1n) is 0.730. The van der Waals surface area contributed by atoms with Crippen molar-refractivity contribution in [3.63, 3.8) is 0 Å². The maximum absolute atomic E-state index is 8.61. The molecule has 0 aliphatic carbocycles. The van der Waals surface area contributed by atoms with E-state index in [1.54, 1.807) is 0 Å². The van der Waals surface area contributed by atoms with E-state index in [0.29, 0.717) is 0 Å². The van der Waals surface area contributed by atoms with E-state index in [4.69, 9.17) is 16.0 Å². The molecule has 0 aliphatic rings. The smallest absolute Gasteiger partial charge is 3.00 e. The first-order chi connectivity index (χ1) is 2.00. The molecule has 0 heterocycles. The normalized spacial score (nSPS) is 9.83. The molecule has 0 amide bonds. The predicted molar refractivity (Wildman–Crippen MR) is 6.44 cm³/mol. The van der Waals surface area contributed by atoms with Crippen LogP contribution in [0.1, 0.15) is 0 Å². The van der Waals surface area contributed by atoms with Gasteiger partial charge in [-0.15, -0.1) is 0 Å². The number of hydrogen-bond donors (Lipinski definition) is 0. The van der Waals surface area contributed by atoms with Gasteiger partial charge in [0.05, 0.1) is 0 Å². The van der Waals surface area contributed by atoms with E-state index >= 15 is 0 Å². The Morgan fingerprint density at radius 3 is 1.17 bits per heavy atom. The van der Waals surface area contributed by atoms with Crippen molar-refractivity contribution in [2.24, 2.45) is 0 Å². The van der Waals surface area contributed by atoms with Crippen molar-refractivity contribution in [2.45, 2.75) is 0 Å². The van der Waals surface area contributed by atoms with Crippen LogP contribution < -0.4 is 12.3 Å². The molecule has 6 heavy (non-hydrogen) atoms. The van der Waals surface area contributed by atoms with Crippen LogP contribution in [0.15, 0.2) is 0 Å². The summed E-state index contributed by atoms with van der Waals surface area (Å²) >= 11 is -5.88. The molecule has 0 fully saturated rings. The summed E-state index contributed by atoms with van der Waals surface area (Å²) < 4.78 is 34.4. The molecule has 6 heteroatoms. The predicted octanol–water partition coefficient (Wildman–Crippen LogP) is -4.07. The van der Waals surface area contributed by atoms with Crippen LogP contribution in [0.5, 0.6) is 0 Å². The summed E-state index contributed by atoms with van der Waals surface area (Å²) in [6.07, 6.45) is 0. The van der Waals surface area contributed by atoms with Crippen molar-refractivity contribution in [1.82, 2.24) is 0 Å². The Kier molecular flexibility index (Phi) is 6.05. The van der Waals surface area contributed by atoms with Crippen LogP contribution >= 0.6 is 0 Å². The van der Waals surface area contributed by atoms with E-state index < -0.39 is 14.5 Å². The second kappa shape index (κ2) is 3.47. The van der Waals surface area contributed by atoms with Crippen molar-refractivity contribution in [1.29, 1.82) is 0 Å². The van der Waals surface area contributed by atoms with Gasteiger partial charge >= 0.3 is 67.4 Å². The summed E-state index contributed by atoms with van der Waals surface area (Å²) in [5, 5.41) is 0. The molecule has 0 saturated carbocycles. The minimum absolute atomic E-state index is 0. The van der Waals surface area contributed by atoms with Gasteiger partial charge in [0.1, 0.15) is 0 Å². The zero-order valence-electron chi connectivity index (χ0n) is 2.36. The Hall–Kier alpha value is 1.47. The van der Waals surface area contributed by atoms with Crippen LogP contribution in [-0.4, -0.2) is 14.5 Å². The third-order valence-corrected chi connectivity index (χ3v) is 0. The molecule has 0 spiro atoms. The Balaban J connectivity index is 0. The monoisotopic (exact) mass is 308 g/mol. The fraction of sp³-hybridized carbons (Fsp3) is 0. The summed E-state index contributed by atoms with van der Waals surface area (Å²) in [5.74, 6) is 0. The Bertz CT molecular complexity index is 53.7. The van der Waals surface area contributed by atoms with Crippen LogP contribution in [0, 0.1) is 36.9 Å². The molecule has 0 unspecified atom stereocenters. The summed E-state index contributed by atoms with van der Waals surface area (Å²) in [6, 6.07) is 0. The second-order valence-electron chi connectivity index (χ2n) is 0.447. The van der Waals surface area contributed by atoms with Crippen LogP contribution in [0.25, 0.3) is 0 Å². The molecular formula is AsO4Tm. The summed E-state index contributed by atoms with van der Waals surface area (Å²) in [7, 11) is 0. The van der Waals surface area contributed by atoms with Crippen molar-refractivity contribution in [2.75, 3.05) is 0 Å². The standard InChI is InChI=1S/AsH3O4.Tm/c2-1(3,4)5;/h(H3,2,3,4,5);/q;+3/p-3. The van der Waals surface area contributed by atoms with Crippen LogP contribution in [0.2, 0.25) is 0 Å². The van der Waals surface area contributed by atoms with Gasteiger partial charge in [0.15, 0.2) is 0 Å². The van der Waals surface area contributed by atoms with Crippen molar-refractivity contribution < 1.29 is 52.9 Å². The fourth-order valence-corrected chi connectivity index (χ4v) is 0. The molecule has 0 saturated heterocycles. The maximum atomic E-state index is 8.61. The van der Waals surface area contributed by atoms with Gasteiger partial charge in [-0.05, 0) is 0 Å². The van der Waals surface area contributed by atoms with Gasteiger partial charge in [0.2, 0.25) is 0 Å². The van der Waals surface area contributed by atoms with Crippen LogP contribution in [0.4, 0.5) is 0 Å². The molecular weight excluding hydrogens is 308 g/mol. The van der Waals surface area contributed by atoms with Gasteiger partial charge in [0.25, 0.3) is 0 Å². The quantitative estimate of drug-likeness (QED) is 0.426. The average Bonchev–Trinajstić information content (AvgIpc) is 0.722. The van der Waals surface area contributed by atoms with E-state index in [1.807, 2.05) is 0 Å². The van der Waals surface area contributed by atoms with E-state index in [9.17, 15) is 0 Å². The van der Waals surface area contributed by atoms with Gasteiger partial charge in [-0.3, -0.25) is 0 Å². The number of rotatable bonds is 0. The zero-order valence-corrected chi connectivity index (χ0v) is 6.01. The maximum Gasteiger partial charge on any atom is 3.00 e. The molecule has 0 radical (unpaired) electrons. The van der Waals surface area contributed by atoms with Crippen LogP contribution in [-0.2, 0) is 3.74 Å². The van der Waals surface area contributed by atoms with Gasteiger partial charge < -0.3 is 0 Å². The van der Waals surface area contributed by atoms with Gasteiger partial charge in [0, 0.05) is 0 Å². The summed E-state index contributed by atoms with van der Waals surface area (Å²) in [4.78, 5) is 0. The largest absolute Gasteiger partial charge is 3.00 e. The minimum Gasteiger partial charge on any atom is 3.00 e. The Morgan fingerprint density at radius 2 is 1.17 bits per heavy atom. The molecule has 0 atom stereocenters. The molecule has 0 aromatic rings. The van der Waals surface area contributed by atoms with E-state index in [-0.39, 0.29) is 36.9 Å². The SMILES string of the molecule is O=[As]([O-])([O-])[O-].[Tm+3]. The average molecular weight is 308 g/mol. The van der Waals surface area contributed by atoms with E-state index in [1.165, 1.54) is 0 Å². The van der Waals surface area contributed by atoms with Gasteiger partial charge in [-0.2, -0.15) is 0 Å². The minimum atomic E-state index is -5.88. The van der Waals surface area contributed by atoms with Gasteiger partial charge in [-0.1, -0.05) is 0 Å². The fourth-order valence-electron chi connectivity index (χ4n) is 0. The molecule has 4 nitrogen and oxygen atoms in total. The second-order valence-corrected chi connectivity index (χ2v) is 2.32. The first kappa shape index (κ1) is 10.5. The molecule has 42 valence electrons. The van der Waals surface area contributed by atoms with E-state index in [2.05, 4.69) is 0 Å². The van der Waals surface area contributed by atoms with Crippen LogP contribution in [0.3, 0.4) is 0 Å². The third-order valence-electron chi connectivity index (χ3n) is 0. The van der Waals surface area contributed by atoms with Crippen molar-refractivity contribution >= 4 is 14.5 Å². The van der Waals surface area contributed by atoms with Crippen molar-refractivity contribution in [3.8, 4) is 0 Å². The Morgan fingerprint density at radius 1 is 1.17 bits per heavy atom. The topological polar surface area (TPSA) is 86.2 Å².